The number of esters is 1. The van der Waals surface area contributed by atoms with Gasteiger partial charge in [-0.25, -0.2) is 14.2 Å². The van der Waals surface area contributed by atoms with Crippen LogP contribution < -0.4 is 0 Å². The summed E-state index contributed by atoms with van der Waals surface area (Å²) in [6, 6.07) is 14.1. The van der Waals surface area contributed by atoms with Crippen LogP contribution in [0.5, 0.6) is 0 Å². The van der Waals surface area contributed by atoms with E-state index in [1.807, 2.05) is 13.8 Å². The summed E-state index contributed by atoms with van der Waals surface area (Å²) in [5.74, 6) is -2.16. The molecule has 1 heterocycles. The Morgan fingerprint density at radius 3 is 2.30 bits per heavy atom. The van der Waals surface area contributed by atoms with Crippen LogP contribution in [-0.4, -0.2) is 23.1 Å². The molecule has 2 aromatic rings. The number of hydrogen-bond acceptors (Lipinski definition) is 5. The summed E-state index contributed by atoms with van der Waals surface area (Å²) >= 11 is 0. The van der Waals surface area contributed by atoms with Crippen LogP contribution in [0, 0.1) is 21.8 Å². The first kappa shape index (κ1) is 18.7. The minimum absolute atomic E-state index is 0.201. The third-order valence-corrected chi connectivity index (χ3v) is 4.55. The van der Waals surface area contributed by atoms with E-state index in [-0.39, 0.29) is 11.6 Å². The molecular formula is C20H19FN2O4. The predicted molar refractivity (Wildman–Crippen MR) is 97.5 cm³/mol. The Labute approximate surface area is 155 Å². The molecule has 0 N–H and O–H groups in total. The van der Waals surface area contributed by atoms with Gasteiger partial charge in [-0.15, -0.1) is 0 Å². The highest BCUT2D eigenvalue weighted by Crippen LogP contribution is 2.45. The van der Waals surface area contributed by atoms with E-state index in [0.29, 0.717) is 11.1 Å². The van der Waals surface area contributed by atoms with Crippen LogP contribution in [0.2, 0.25) is 0 Å². The first-order chi connectivity index (χ1) is 12.8. The topological polar surface area (TPSA) is 81.8 Å². The summed E-state index contributed by atoms with van der Waals surface area (Å²) in [5.41, 5.74) is -0.332. The summed E-state index contributed by atoms with van der Waals surface area (Å²) in [5, 5.41) is 11.4. The average Bonchev–Trinajstić information content (AvgIpc) is 3.00. The van der Waals surface area contributed by atoms with Crippen molar-refractivity contribution in [2.75, 3.05) is 6.54 Å². The standard InChI is InChI=1S/C20H19FN2O4/c1-13(2)18-19(24)27-20(22-18,15-6-4-3-5-7-15)17(12-23(25)26)14-8-10-16(21)11-9-14/h3-11,13,17H,12H2,1-2H3. The van der Waals surface area contributed by atoms with Crippen LogP contribution in [0.4, 0.5) is 4.39 Å². The van der Waals surface area contributed by atoms with Gasteiger partial charge in [-0.3, -0.25) is 10.1 Å². The van der Waals surface area contributed by atoms with Crippen LogP contribution in [-0.2, 0) is 15.3 Å². The number of hydrogen-bond donors (Lipinski definition) is 0. The van der Waals surface area contributed by atoms with Gasteiger partial charge in [0.1, 0.15) is 17.4 Å². The normalized spacial score (nSPS) is 20.3. The Bertz CT molecular complexity index is 881. The minimum Gasteiger partial charge on any atom is -0.427 e. The number of carbonyl (C=O) groups excluding carboxylic acids is 1. The summed E-state index contributed by atoms with van der Waals surface area (Å²) in [7, 11) is 0. The van der Waals surface area contributed by atoms with Crippen molar-refractivity contribution in [3.63, 3.8) is 0 Å². The predicted octanol–water partition coefficient (Wildman–Crippen LogP) is 3.69. The highest BCUT2D eigenvalue weighted by molar-refractivity contribution is 6.38. The number of carbonyl (C=O) groups is 1. The van der Waals surface area contributed by atoms with E-state index in [1.54, 1.807) is 30.3 Å². The fourth-order valence-corrected chi connectivity index (χ4v) is 3.26. The molecule has 7 heteroatoms. The number of rotatable bonds is 6. The van der Waals surface area contributed by atoms with Crippen molar-refractivity contribution in [1.82, 2.24) is 0 Å². The van der Waals surface area contributed by atoms with Crippen LogP contribution in [0.3, 0.4) is 0 Å². The van der Waals surface area contributed by atoms with Gasteiger partial charge >= 0.3 is 5.97 Å². The summed E-state index contributed by atoms with van der Waals surface area (Å²) in [6.45, 7) is 3.09. The zero-order valence-electron chi connectivity index (χ0n) is 15.0. The van der Waals surface area contributed by atoms with Crippen LogP contribution in [0.1, 0.15) is 30.9 Å². The molecule has 0 saturated heterocycles. The molecule has 0 saturated carbocycles. The number of halogens is 1. The molecule has 0 fully saturated rings. The van der Waals surface area contributed by atoms with Crippen molar-refractivity contribution in [2.24, 2.45) is 10.9 Å². The van der Waals surface area contributed by atoms with E-state index in [2.05, 4.69) is 4.99 Å². The molecule has 0 amide bonds. The first-order valence-electron chi connectivity index (χ1n) is 8.59. The molecule has 6 nitrogen and oxygen atoms in total. The number of cyclic esters (lactones) is 1. The third-order valence-electron chi connectivity index (χ3n) is 4.55. The Kier molecular flexibility index (Phi) is 5.03. The van der Waals surface area contributed by atoms with Crippen molar-refractivity contribution >= 4 is 11.7 Å². The summed E-state index contributed by atoms with van der Waals surface area (Å²) < 4.78 is 19.1. The number of benzene rings is 2. The maximum atomic E-state index is 13.4. The van der Waals surface area contributed by atoms with E-state index in [1.165, 1.54) is 24.3 Å². The Balaban J connectivity index is 2.22. The molecule has 140 valence electrons. The second-order valence-electron chi connectivity index (χ2n) is 6.72. The highest BCUT2D eigenvalue weighted by atomic mass is 19.1. The maximum absolute atomic E-state index is 13.4. The van der Waals surface area contributed by atoms with E-state index in [4.69, 9.17) is 4.74 Å². The fraction of sp³-hybridized carbons (Fsp3) is 0.300. The van der Waals surface area contributed by atoms with Gasteiger partial charge in [0.25, 0.3) is 0 Å². The first-order valence-corrected chi connectivity index (χ1v) is 8.59. The molecular weight excluding hydrogens is 351 g/mol. The molecule has 0 spiro atoms. The number of aliphatic imine (C=N–C) groups is 1. The van der Waals surface area contributed by atoms with E-state index in [9.17, 15) is 19.3 Å². The maximum Gasteiger partial charge on any atom is 0.355 e. The molecule has 2 unspecified atom stereocenters. The average molecular weight is 370 g/mol. The fourth-order valence-electron chi connectivity index (χ4n) is 3.26. The van der Waals surface area contributed by atoms with Crippen molar-refractivity contribution in [2.45, 2.75) is 25.5 Å². The molecule has 0 bridgehead atoms. The lowest BCUT2D eigenvalue weighted by atomic mass is 9.83. The van der Waals surface area contributed by atoms with Crippen LogP contribution in [0.15, 0.2) is 59.6 Å². The van der Waals surface area contributed by atoms with Crippen molar-refractivity contribution in [3.05, 3.63) is 81.7 Å². The Hall–Kier alpha value is -3.09. The third kappa shape index (κ3) is 3.58. The molecule has 0 aliphatic carbocycles. The Morgan fingerprint density at radius 2 is 1.78 bits per heavy atom. The second kappa shape index (κ2) is 7.26. The number of nitrogens with zero attached hydrogens (tertiary/aromatic N) is 2. The van der Waals surface area contributed by atoms with Crippen molar-refractivity contribution in [1.29, 1.82) is 0 Å². The quantitative estimate of drug-likeness (QED) is 0.441. The van der Waals surface area contributed by atoms with Gasteiger partial charge in [-0.05, 0) is 17.7 Å². The van der Waals surface area contributed by atoms with Gasteiger partial charge in [0.05, 0.1) is 0 Å². The van der Waals surface area contributed by atoms with E-state index in [0.717, 1.165) is 0 Å². The smallest absolute Gasteiger partial charge is 0.355 e. The lowest BCUT2D eigenvalue weighted by Gasteiger charge is -2.32. The van der Waals surface area contributed by atoms with Gasteiger partial charge < -0.3 is 4.74 Å². The monoisotopic (exact) mass is 370 g/mol. The van der Waals surface area contributed by atoms with Crippen molar-refractivity contribution < 1.29 is 18.8 Å². The van der Waals surface area contributed by atoms with Gasteiger partial charge in [-0.2, -0.15) is 0 Å². The highest BCUT2D eigenvalue weighted by Gasteiger charge is 2.52. The minimum atomic E-state index is -1.57. The molecule has 3 rings (SSSR count). The lowest BCUT2D eigenvalue weighted by molar-refractivity contribution is -0.487. The molecule has 2 aromatic carbocycles. The SMILES string of the molecule is CC(C)C1=NC(c2ccccc2)(C(C[N+](=O)[O-])c2ccc(F)cc2)OC1=O. The molecule has 1 aliphatic heterocycles. The van der Waals surface area contributed by atoms with E-state index < -0.39 is 34.9 Å². The largest absolute Gasteiger partial charge is 0.427 e. The molecule has 27 heavy (non-hydrogen) atoms. The number of ether oxygens (including phenoxy) is 1. The van der Waals surface area contributed by atoms with Gasteiger partial charge in [0, 0.05) is 16.4 Å². The van der Waals surface area contributed by atoms with Crippen LogP contribution in [0.25, 0.3) is 0 Å². The van der Waals surface area contributed by atoms with Crippen molar-refractivity contribution in [3.8, 4) is 0 Å². The van der Waals surface area contributed by atoms with Crippen LogP contribution >= 0.6 is 0 Å². The molecule has 0 aromatic heterocycles. The van der Waals surface area contributed by atoms with E-state index >= 15 is 0 Å². The lowest BCUT2D eigenvalue weighted by Crippen LogP contribution is -2.37. The van der Waals surface area contributed by atoms with Gasteiger partial charge in [0.15, 0.2) is 0 Å². The number of nitro groups is 1. The second-order valence-corrected chi connectivity index (χ2v) is 6.72. The molecule has 0 radical (unpaired) electrons. The van der Waals surface area contributed by atoms with Gasteiger partial charge in [-0.1, -0.05) is 56.3 Å². The zero-order valence-corrected chi connectivity index (χ0v) is 15.0. The molecule has 2 atom stereocenters. The summed E-state index contributed by atoms with van der Waals surface area (Å²) in [6.07, 6.45) is 0. The Morgan fingerprint density at radius 1 is 1.15 bits per heavy atom. The zero-order chi connectivity index (χ0) is 19.6. The molecule has 1 aliphatic rings. The summed E-state index contributed by atoms with van der Waals surface area (Å²) in [4.78, 5) is 28.0. The van der Waals surface area contributed by atoms with Gasteiger partial charge in [0.2, 0.25) is 12.3 Å².